The number of hydrogen-bond acceptors (Lipinski definition) is 5. The molecule has 2 heterocycles. The molecule has 1 unspecified atom stereocenters. The van der Waals surface area contributed by atoms with Gasteiger partial charge in [0, 0.05) is 12.7 Å². The van der Waals surface area contributed by atoms with Crippen molar-refractivity contribution in [1.29, 1.82) is 0 Å². The zero-order valence-corrected chi connectivity index (χ0v) is 10.1. The minimum absolute atomic E-state index is 0.0150. The van der Waals surface area contributed by atoms with E-state index < -0.39 is 15.1 Å². The predicted octanol–water partition coefficient (Wildman–Crippen LogP) is 0.656. The second-order valence-corrected chi connectivity index (χ2v) is 6.19. The van der Waals surface area contributed by atoms with Crippen molar-refractivity contribution in [2.45, 2.75) is 23.1 Å². The molecule has 7 heteroatoms. The molecule has 1 aromatic rings. The van der Waals surface area contributed by atoms with Gasteiger partial charge in [0.05, 0.1) is 5.25 Å². The van der Waals surface area contributed by atoms with Crippen LogP contribution in [0.2, 0.25) is 5.28 Å². The van der Waals surface area contributed by atoms with Crippen molar-refractivity contribution in [3.63, 3.8) is 0 Å². The van der Waals surface area contributed by atoms with Gasteiger partial charge < -0.3 is 5.32 Å². The third-order valence-electron chi connectivity index (χ3n) is 2.58. The number of piperidine rings is 1. The lowest BCUT2D eigenvalue weighted by atomic mass is 10.2. The number of aromatic nitrogens is 2. The summed E-state index contributed by atoms with van der Waals surface area (Å²) < 4.78 is 24.3. The molecule has 1 atom stereocenters. The van der Waals surface area contributed by atoms with Gasteiger partial charge in [-0.15, -0.1) is 0 Å². The first-order valence-electron chi connectivity index (χ1n) is 5.04. The molecule has 1 aromatic heterocycles. The molecule has 16 heavy (non-hydrogen) atoms. The van der Waals surface area contributed by atoms with Gasteiger partial charge in [0.15, 0.2) is 14.9 Å². The highest BCUT2D eigenvalue weighted by Crippen LogP contribution is 2.19. The Balaban J connectivity index is 2.30. The molecule has 0 radical (unpaired) electrons. The van der Waals surface area contributed by atoms with E-state index in [1.807, 2.05) is 0 Å². The van der Waals surface area contributed by atoms with Crippen LogP contribution in [0.15, 0.2) is 17.3 Å². The van der Waals surface area contributed by atoms with Crippen LogP contribution in [0.4, 0.5) is 0 Å². The van der Waals surface area contributed by atoms with Crippen LogP contribution < -0.4 is 5.32 Å². The van der Waals surface area contributed by atoms with Crippen LogP contribution in [0.25, 0.3) is 0 Å². The molecule has 2 rings (SSSR count). The van der Waals surface area contributed by atoms with Crippen molar-refractivity contribution in [2.75, 3.05) is 13.1 Å². The first kappa shape index (κ1) is 11.8. The molecule has 1 aliphatic rings. The van der Waals surface area contributed by atoms with E-state index in [0.717, 1.165) is 13.0 Å². The van der Waals surface area contributed by atoms with Crippen molar-refractivity contribution in [2.24, 2.45) is 0 Å². The molecule has 0 saturated carbocycles. The zero-order chi connectivity index (χ0) is 11.6. The van der Waals surface area contributed by atoms with E-state index in [2.05, 4.69) is 15.3 Å². The van der Waals surface area contributed by atoms with Crippen LogP contribution in [-0.2, 0) is 9.84 Å². The molecule has 0 amide bonds. The van der Waals surface area contributed by atoms with Gasteiger partial charge in [-0.3, -0.25) is 0 Å². The third-order valence-corrected chi connectivity index (χ3v) is 4.86. The Labute approximate surface area is 99.2 Å². The van der Waals surface area contributed by atoms with Crippen LogP contribution in [0.1, 0.15) is 12.8 Å². The van der Waals surface area contributed by atoms with Crippen molar-refractivity contribution >= 4 is 21.4 Å². The average molecular weight is 262 g/mol. The summed E-state index contributed by atoms with van der Waals surface area (Å²) in [5.41, 5.74) is 0. The Morgan fingerprint density at radius 2 is 2.31 bits per heavy atom. The summed E-state index contributed by atoms with van der Waals surface area (Å²) in [6.07, 6.45) is 2.89. The number of nitrogens with one attached hydrogen (secondary N) is 1. The van der Waals surface area contributed by atoms with E-state index in [1.165, 1.54) is 12.3 Å². The number of nitrogens with zero attached hydrogens (tertiary/aromatic N) is 2. The highest BCUT2D eigenvalue weighted by atomic mass is 35.5. The zero-order valence-electron chi connectivity index (χ0n) is 8.56. The van der Waals surface area contributed by atoms with Gasteiger partial charge in [-0.2, -0.15) is 0 Å². The van der Waals surface area contributed by atoms with Crippen LogP contribution >= 0.6 is 11.6 Å². The standard InChI is InChI=1S/C9H12ClN3O2S/c10-9-12-5-3-8(13-9)16(14,15)7-2-1-4-11-6-7/h3,5,7,11H,1-2,4,6H2. The van der Waals surface area contributed by atoms with E-state index in [4.69, 9.17) is 11.6 Å². The second kappa shape index (κ2) is 4.65. The minimum atomic E-state index is -3.38. The molecule has 5 nitrogen and oxygen atoms in total. The predicted molar refractivity (Wildman–Crippen MR) is 60.1 cm³/mol. The molecule has 0 aliphatic carbocycles. The number of rotatable bonds is 2. The Bertz CT molecular complexity index is 471. The number of hydrogen-bond donors (Lipinski definition) is 1. The molecule has 0 spiro atoms. The normalized spacial score (nSPS) is 21.9. The molecule has 1 aliphatic heterocycles. The number of halogens is 1. The molecule has 1 saturated heterocycles. The SMILES string of the molecule is O=S(=O)(c1ccnc(Cl)n1)C1CCCNC1. The van der Waals surface area contributed by atoms with Gasteiger partial charge in [-0.1, -0.05) is 0 Å². The largest absolute Gasteiger partial charge is 0.315 e. The van der Waals surface area contributed by atoms with Crippen LogP contribution in [0, 0.1) is 0 Å². The molecule has 1 N–H and O–H groups in total. The fourth-order valence-corrected chi connectivity index (χ4v) is 3.55. The maximum Gasteiger partial charge on any atom is 0.223 e. The maximum atomic E-state index is 12.2. The average Bonchev–Trinajstić information content (AvgIpc) is 2.30. The van der Waals surface area contributed by atoms with Gasteiger partial charge in [0.2, 0.25) is 5.28 Å². The van der Waals surface area contributed by atoms with Crippen LogP contribution in [0.5, 0.6) is 0 Å². The van der Waals surface area contributed by atoms with Crippen LogP contribution in [-0.4, -0.2) is 36.7 Å². The lowest BCUT2D eigenvalue weighted by molar-refractivity contribution is 0.495. The quantitative estimate of drug-likeness (QED) is 0.625. The fourth-order valence-electron chi connectivity index (χ4n) is 1.73. The Morgan fingerprint density at radius 3 is 2.94 bits per heavy atom. The summed E-state index contributed by atoms with van der Waals surface area (Å²) in [6.45, 7) is 1.35. The summed E-state index contributed by atoms with van der Waals surface area (Å²) in [7, 11) is -3.38. The minimum Gasteiger partial charge on any atom is -0.315 e. The lowest BCUT2D eigenvalue weighted by Crippen LogP contribution is -2.39. The first-order valence-corrected chi connectivity index (χ1v) is 6.96. The Hall–Kier alpha value is -0.720. The van der Waals surface area contributed by atoms with Gasteiger partial charge in [0.25, 0.3) is 0 Å². The highest BCUT2D eigenvalue weighted by Gasteiger charge is 2.30. The molecule has 0 aromatic carbocycles. The van der Waals surface area contributed by atoms with Gasteiger partial charge in [0.1, 0.15) is 0 Å². The smallest absolute Gasteiger partial charge is 0.223 e. The van der Waals surface area contributed by atoms with E-state index >= 15 is 0 Å². The lowest BCUT2D eigenvalue weighted by Gasteiger charge is -2.22. The van der Waals surface area contributed by atoms with E-state index in [-0.39, 0.29) is 10.3 Å². The topological polar surface area (TPSA) is 72.0 Å². The molecular formula is C9H12ClN3O2S. The van der Waals surface area contributed by atoms with E-state index in [0.29, 0.717) is 13.0 Å². The Kier molecular flexibility index (Phi) is 3.41. The van der Waals surface area contributed by atoms with Gasteiger partial charge >= 0.3 is 0 Å². The second-order valence-electron chi connectivity index (χ2n) is 3.68. The van der Waals surface area contributed by atoms with Crippen molar-refractivity contribution in [1.82, 2.24) is 15.3 Å². The molecule has 1 fully saturated rings. The highest BCUT2D eigenvalue weighted by molar-refractivity contribution is 7.92. The van der Waals surface area contributed by atoms with Crippen molar-refractivity contribution < 1.29 is 8.42 Å². The van der Waals surface area contributed by atoms with Crippen molar-refractivity contribution in [3.8, 4) is 0 Å². The third kappa shape index (κ3) is 2.34. The van der Waals surface area contributed by atoms with Gasteiger partial charge in [-0.25, -0.2) is 18.4 Å². The fraction of sp³-hybridized carbons (Fsp3) is 0.556. The van der Waals surface area contributed by atoms with Gasteiger partial charge in [-0.05, 0) is 37.1 Å². The first-order chi connectivity index (χ1) is 7.60. The van der Waals surface area contributed by atoms with Crippen molar-refractivity contribution in [3.05, 3.63) is 17.5 Å². The number of sulfone groups is 1. The van der Waals surface area contributed by atoms with Crippen LogP contribution in [0.3, 0.4) is 0 Å². The van der Waals surface area contributed by atoms with E-state index in [9.17, 15) is 8.42 Å². The molecule has 0 bridgehead atoms. The van der Waals surface area contributed by atoms with E-state index in [1.54, 1.807) is 0 Å². The maximum absolute atomic E-state index is 12.2. The summed E-state index contributed by atoms with van der Waals surface area (Å²) in [5.74, 6) is 0. The summed E-state index contributed by atoms with van der Waals surface area (Å²) in [6, 6.07) is 1.38. The molecule has 88 valence electrons. The summed E-state index contributed by atoms with van der Waals surface area (Å²) in [5, 5.41) is 2.64. The molecular weight excluding hydrogens is 250 g/mol. The summed E-state index contributed by atoms with van der Waals surface area (Å²) >= 11 is 5.59. The monoisotopic (exact) mass is 261 g/mol. The Morgan fingerprint density at radius 1 is 1.50 bits per heavy atom. The summed E-state index contributed by atoms with van der Waals surface area (Å²) in [4.78, 5) is 7.43.